The number of fused-ring (bicyclic) bond motifs is 1. The van der Waals surface area contributed by atoms with E-state index in [1.807, 2.05) is 49.6 Å². The Kier molecular flexibility index (Phi) is 6.32. The summed E-state index contributed by atoms with van der Waals surface area (Å²) in [6.07, 6.45) is 0. The van der Waals surface area contributed by atoms with Gasteiger partial charge in [0.1, 0.15) is 5.75 Å². The molecule has 0 spiro atoms. The van der Waals surface area contributed by atoms with Crippen LogP contribution in [0.2, 0.25) is 0 Å². The quantitative estimate of drug-likeness (QED) is 0.309. The van der Waals surface area contributed by atoms with Crippen LogP contribution >= 0.6 is 0 Å². The molecule has 0 saturated heterocycles. The summed E-state index contributed by atoms with van der Waals surface area (Å²) in [5, 5.41) is 4.80. The van der Waals surface area contributed by atoms with Gasteiger partial charge in [0.05, 0.1) is 12.0 Å². The largest absolute Gasteiger partial charge is 0.494 e. The van der Waals surface area contributed by atoms with Crippen LogP contribution in [-0.2, 0) is 11.8 Å². The highest BCUT2D eigenvalue weighted by Crippen LogP contribution is 2.23. The second kappa shape index (κ2) is 9.35. The van der Waals surface area contributed by atoms with Crippen molar-refractivity contribution in [1.82, 2.24) is 14.3 Å². The minimum Gasteiger partial charge on any atom is -0.494 e. The van der Waals surface area contributed by atoms with Crippen molar-refractivity contribution < 1.29 is 19.1 Å². The highest BCUT2D eigenvalue weighted by molar-refractivity contribution is 6.04. The van der Waals surface area contributed by atoms with E-state index in [9.17, 15) is 14.4 Å². The van der Waals surface area contributed by atoms with E-state index in [1.54, 1.807) is 30.3 Å². The maximum absolute atomic E-state index is 12.9. The van der Waals surface area contributed by atoms with Crippen LogP contribution in [0, 0.1) is 13.8 Å². The lowest BCUT2D eigenvalue weighted by Gasteiger charge is -2.11. The molecule has 0 aliphatic rings. The van der Waals surface area contributed by atoms with Gasteiger partial charge >= 0.3 is 5.97 Å². The van der Waals surface area contributed by atoms with Crippen molar-refractivity contribution in [2.24, 2.45) is 7.05 Å². The smallest absolute Gasteiger partial charge is 0.359 e. The Bertz CT molecular complexity index is 1450. The summed E-state index contributed by atoms with van der Waals surface area (Å²) in [4.78, 5) is 38.0. The van der Waals surface area contributed by atoms with E-state index in [2.05, 4.69) is 5.10 Å². The molecule has 0 radical (unpaired) electrons. The minimum atomic E-state index is -0.763. The molecular formula is C26H25N3O5. The third-order valence-electron chi connectivity index (χ3n) is 5.62. The van der Waals surface area contributed by atoms with Crippen LogP contribution in [0.3, 0.4) is 0 Å². The van der Waals surface area contributed by atoms with Crippen LogP contribution in [0.4, 0.5) is 0 Å². The molecule has 34 heavy (non-hydrogen) atoms. The first-order valence-corrected chi connectivity index (χ1v) is 10.9. The Morgan fingerprint density at radius 2 is 1.68 bits per heavy atom. The molecule has 0 fully saturated rings. The average molecular weight is 460 g/mol. The number of benzene rings is 2. The maximum atomic E-state index is 12.9. The molecule has 0 aliphatic carbocycles. The lowest BCUT2D eigenvalue weighted by molar-refractivity contribution is 0.0468. The van der Waals surface area contributed by atoms with Crippen LogP contribution < -0.4 is 10.3 Å². The third kappa shape index (κ3) is 4.22. The second-order valence-electron chi connectivity index (χ2n) is 7.87. The Morgan fingerprint density at radius 1 is 1.00 bits per heavy atom. The second-order valence-corrected chi connectivity index (χ2v) is 7.87. The SMILES string of the molecule is CCOc1ccc(-n2c(C)cc(C(=O)COC(=O)c3nn(C)c(=O)c4ccccc34)c2C)cc1. The van der Waals surface area contributed by atoms with Crippen molar-refractivity contribution in [3.05, 3.63) is 87.6 Å². The maximum Gasteiger partial charge on any atom is 0.359 e. The Hall–Kier alpha value is -4.20. The molecule has 0 saturated carbocycles. The summed E-state index contributed by atoms with van der Waals surface area (Å²) in [6.45, 7) is 5.83. The van der Waals surface area contributed by atoms with Gasteiger partial charge in [-0.3, -0.25) is 9.59 Å². The summed E-state index contributed by atoms with van der Waals surface area (Å²) in [5.74, 6) is -0.315. The first kappa shape index (κ1) is 23.0. The molecule has 0 N–H and O–H groups in total. The predicted octanol–water partition coefficient (Wildman–Crippen LogP) is 3.78. The zero-order valence-electron chi connectivity index (χ0n) is 19.5. The standard InChI is InChI=1S/C26H25N3O5/c1-5-33-19-12-10-18(11-13-19)29-16(2)14-22(17(29)3)23(30)15-34-26(32)24-20-8-6-7-9-21(20)25(31)28(4)27-24/h6-14H,5,15H2,1-4H3. The molecule has 4 rings (SSSR count). The van der Waals surface area contributed by atoms with Crippen LogP contribution in [0.5, 0.6) is 5.75 Å². The highest BCUT2D eigenvalue weighted by Gasteiger charge is 2.21. The Morgan fingerprint density at radius 3 is 2.35 bits per heavy atom. The van der Waals surface area contributed by atoms with Gasteiger partial charge in [0.25, 0.3) is 5.56 Å². The number of nitrogens with zero attached hydrogens (tertiary/aromatic N) is 3. The zero-order valence-corrected chi connectivity index (χ0v) is 19.5. The van der Waals surface area contributed by atoms with Crippen molar-refractivity contribution in [3.63, 3.8) is 0 Å². The molecule has 0 aliphatic heterocycles. The molecule has 8 heteroatoms. The topological polar surface area (TPSA) is 92.4 Å². The van der Waals surface area contributed by atoms with Gasteiger partial charge in [-0.15, -0.1) is 0 Å². The number of carbonyl (C=O) groups is 2. The number of rotatable bonds is 7. The fraction of sp³-hybridized carbons (Fsp3) is 0.231. The van der Waals surface area contributed by atoms with Gasteiger partial charge in [0, 0.05) is 35.1 Å². The number of hydrogen-bond acceptors (Lipinski definition) is 6. The third-order valence-corrected chi connectivity index (χ3v) is 5.62. The monoisotopic (exact) mass is 459 g/mol. The zero-order chi connectivity index (χ0) is 24.4. The summed E-state index contributed by atoms with van der Waals surface area (Å²) in [5.41, 5.74) is 2.67. The summed E-state index contributed by atoms with van der Waals surface area (Å²) < 4.78 is 13.9. The van der Waals surface area contributed by atoms with Crippen molar-refractivity contribution in [2.45, 2.75) is 20.8 Å². The van der Waals surface area contributed by atoms with Gasteiger partial charge in [-0.25, -0.2) is 9.48 Å². The summed E-state index contributed by atoms with van der Waals surface area (Å²) in [6, 6.07) is 16.1. The molecule has 0 atom stereocenters. The van der Waals surface area contributed by atoms with Gasteiger partial charge in [-0.2, -0.15) is 5.10 Å². The van der Waals surface area contributed by atoms with Gasteiger partial charge in [-0.1, -0.05) is 18.2 Å². The molecule has 8 nitrogen and oxygen atoms in total. The first-order chi connectivity index (χ1) is 16.3. The van der Waals surface area contributed by atoms with Crippen LogP contribution in [0.1, 0.15) is 39.2 Å². The fourth-order valence-corrected chi connectivity index (χ4v) is 4.03. The van der Waals surface area contributed by atoms with Crippen LogP contribution in [0.15, 0.2) is 59.4 Å². The first-order valence-electron chi connectivity index (χ1n) is 10.9. The lowest BCUT2D eigenvalue weighted by Crippen LogP contribution is -2.24. The molecule has 0 unspecified atom stereocenters. The van der Waals surface area contributed by atoms with Crippen LogP contribution in [0.25, 0.3) is 16.5 Å². The van der Waals surface area contributed by atoms with E-state index < -0.39 is 12.6 Å². The normalized spacial score (nSPS) is 10.9. The number of ketones is 1. The van der Waals surface area contributed by atoms with Gasteiger partial charge in [0.15, 0.2) is 12.3 Å². The Labute approximate surface area is 196 Å². The number of aromatic nitrogens is 3. The Balaban J connectivity index is 1.55. The molecule has 2 heterocycles. The predicted molar refractivity (Wildman–Crippen MR) is 128 cm³/mol. The molecule has 0 bridgehead atoms. The van der Waals surface area contributed by atoms with Crippen molar-refractivity contribution >= 4 is 22.5 Å². The van der Waals surface area contributed by atoms with E-state index in [-0.39, 0.29) is 17.0 Å². The fourth-order valence-electron chi connectivity index (χ4n) is 4.03. The molecule has 174 valence electrons. The van der Waals surface area contributed by atoms with E-state index >= 15 is 0 Å². The number of ether oxygens (including phenoxy) is 2. The van der Waals surface area contributed by atoms with E-state index in [0.717, 1.165) is 27.5 Å². The molecule has 2 aromatic heterocycles. The van der Waals surface area contributed by atoms with E-state index in [4.69, 9.17) is 9.47 Å². The highest BCUT2D eigenvalue weighted by atomic mass is 16.5. The summed E-state index contributed by atoms with van der Waals surface area (Å²) in [7, 11) is 1.46. The van der Waals surface area contributed by atoms with E-state index in [1.165, 1.54) is 7.05 Å². The number of esters is 1. The lowest BCUT2D eigenvalue weighted by atomic mass is 10.1. The molecule has 2 aromatic carbocycles. The average Bonchev–Trinajstić information content (AvgIpc) is 3.14. The molecular weight excluding hydrogens is 434 g/mol. The number of Topliss-reactive ketones (excluding diaryl/α,β-unsaturated/α-hetero) is 1. The van der Waals surface area contributed by atoms with Gasteiger partial charge < -0.3 is 14.0 Å². The summed E-state index contributed by atoms with van der Waals surface area (Å²) >= 11 is 0. The number of aryl methyl sites for hydroxylation is 2. The van der Waals surface area contributed by atoms with Gasteiger partial charge in [-0.05, 0) is 57.2 Å². The molecule has 0 amide bonds. The van der Waals surface area contributed by atoms with Gasteiger partial charge in [0.2, 0.25) is 5.78 Å². The molecule has 4 aromatic rings. The minimum absolute atomic E-state index is 0.00893. The van der Waals surface area contributed by atoms with Crippen molar-refractivity contribution in [1.29, 1.82) is 0 Å². The van der Waals surface area contributed by atoms with Crippen molar-refractivity contribution in [3.8, 4) is 11.4 Å². The van der Waals surface area contributed by atoms with Crippen LogP contribution in [-0.4, -0.2) is 39.3 Å². The van der Waals surface area contributed by atoms with E-state index in [0.29, 0.717) is 22.9 Å². The number of hydrogen-bond donors (Lipinski definition) is 0. The van der Waals surface area contributed by atoms with Crippen molar-refractivity contribution in [2.75, 3.05) is 13.2 Å². The number of carbonyl (C=O) groups excluding carboxylic acids is 2.